The van der Waals surface area contributed by atoms with Crippen molar-refractivity contribution >= 4 is 11.8 Å². The van der Waals surface area contributed by atoms with Crippen molar-refractivity contribution < 1.29 is 14.1 Å². The van der Waals surface area contributed by atoms with Crippen LogP contribution in [-0.4, -0.2) is 45.9 Å². The van der Waals surface area contributed by atoms with Crippen LogP contribution in [0, 0.1) is 0 Å². The second-order valence-corrected chi connectivity index (χ2v) is 7.46. The summed E-state index contributed by atoms with van der Waals surface area (Å²) in [5.74, 6) is 1.19. The standard InChI is InChI=1S/C21H25N3O3/c1-2-17-14-23(21(26)18-12-19(27-22-18)16-8-9-16)11-10-20(25)24(17)13-15-6-4-3-5-7-15/h3-7,12,16-17H,2,8-11,13-14H2,1H3/t17-/m0/s1. The Morgan fingerprint density at radius 1 is 1.26 bits per heavy atom. The average molecular weight is 367 g/mol. The van der Waals surface area contributed by atoms with Crippen LogP contribution in [0.2, 0.25) is 0 Å². The second kappa shape index (κ2) is 7.55. The molecule has 0 spiro atoms. The van der Waals surface area contributed by atoms with Gasteiger partial charge in [0.25, 0.3) is 5.91 Å². The number of carbonyl (C=O) groups excluding carboxylic acids is 2. The van der Waals surface area contributed by atoms with Gasteiger partial charge in [0, 0.05) is 44.1 Å². The van der Waals surface area contributed by atoms with Crippen LogP contribution in [0.25, 0.3) is 0 Å². The summed E-state index contributed by atoms with van der Waals surface area (Å²) in [5.41, 5.74) is 1.46. The van der Waals surface area contributed by atoms with E-state index in [0.717, 1.165) is 30.6 Å². The number of aromatic nitrogens is 1. The molecule has 6 heteroatoms. The van der Waals surface area contributed by atoms with E-state index in [0.29, 0.717) is 37.7 Å². The molecule has 1 atom stereocenters. The van der Waals surface area contributed by atoms with Crippen molar-refractivity contribution in [3.8, 4) is 0 Å². The van der Waals surface area contributed by atoms with E-state index in [9.17, 15) is 9.59 Å². The van der Waals surface area contributed by atoms with E-state index in [-0.39, 0.29) is 17.9 Å². The Hall–Kier alpha value is -2.63. The fraction of sp³-hybridized carbons (Fsp3) is 0.476. The monoisotopic (exact) mass is 367 g/mol. The summed E-state index contributed by atoms with van der Waals surface area (Å²) in [4.78, 5) is 29.3. The Morgan fingerprint density at radius 3 is 2.74 bits per heavy atom. The quantitative estimate of drug-likeness (QED) is 0.814. The molecular formula is C21H25N3O3. The third-order valence-electron chi connectivity index (χ3n) is 5.47. The first kappa shape index (κ1) is 17.8. The van der Waals surface area contributed by atoms with E-state index in [2.05, 4.69) is 12.1 Å². The molecule has 1 aliphatic heterocycles. The Labute approximate surface area is 159 Å². The van der Waals surface area contributed by atoms with Crippen LogP contribution < -0.4 is 0 Å². The molecule has 6 nitrogen and oxygen atoms in total. The zero-order chi connectivity index (χ0) is 18.8. The van der Waals surface area contributed by atoms with Gasteiger partial charge in [0.15, 0.2) is 5.69 Å². The molecule has 0 bridgehead atoms. The van der Waals surface area contributed by atoms with Crippen LogP contribution in [0.4, 0.5) is 0 Å². The molecule has 2 fully saturated rings. The minimum Gasteiger partial charge on any atom is -0.360 e. The fourth-order valence-electron chi connectivity index (χ4n) is 3.67. The molecule has 1 aromatic carbocycles. The topological polar surface area (TPSA) is 66.7 Å². The van der Waals surface area contributed by atoms with Crippen LogP contribution >= 0.6 is 0 Å². The predicted molar refractivity (Wildman–Crippen MR) is 100 cm³/mol. The molecule has 2 amide bonds. The molecule has 1 saturated carbocycles. The van der Waals surface area contributed by atoms with Crippen LogP contribution in [0.3, 0.4) is 0 Å². The summed E-state index contributed by atoms with van der Waals surface area (Å²) < 4.78 is 5.33. The van der Waals surface area contributed by atoms with Crippen LogP contribution in [0.1, 0.15) is 60.3 Å². The molecule has 27 heavy (non-hydrogen) atoms. The molecule has 1 aromatic heterocycles. The third-order valence-corrected chi connectivity index (χ3v) is 5.47. The highest BCUT2D eigenvalue weighted by Crippen LogP contribution is 2.40. The number of amides is 2. The van der Waals surface area contributed by atoms with Gasteiger partial charge in [-0.05, 0) is 24.8 Å². The first-order valence-corrected chi connectivity index (χ1v) is 9.75. The molecule has 0 unspecified atom stereocenters. The van der Waals surface area contributed by atoms with Gasteiger partial charge in [-0.15, -0.1) is 0 Å². The third kappa shape index (κ3) is 3.89. The number of hydrogen-bond acceptors (Lipinski definition) is 4. The van der Waals surface area contributed by atoms with Gasteiger partial charge in [-0.2, -0.15) is 0 Å². The largest absolute Gasteiger partial charge is 0.360 e. The zero-order valence-electron chi connectivity index (χ0n) is 15.6. The number of benzene rings is 1. The smallest absolute Gasteiger partial charge is 0.276 e. The minimum absolute atomic E-state index is 0.000963. The highest BCUT2D eigenvalue weighted by atomic mass is 16.5. The lowest BCUT2D eigenvalue weighted by atomic mass is 10.1. The van der Waals surface area contributed by atoms with E-state index in [4.69, 9.17) is 4.52 Å². The van der Waals surface area contributed by atoms with E-state index in [1.165, 1.54) is 0 Å². The van der Waals surface area contributed by atoms with Gasteiger partial charge >= 0.3 is 0 Å². The summed E-state index contributed by atoms with van der Waals surface area (Å²) in [6.07, 6.45) is 3.34. The Balaban J connectivity index is 1.49. The van der Waals surface area contributed by atoms with Crippen molar-refractivity contribution in [2.75, 3.05) is 13.1 Å². The number of hydrogen-bond donors (Lipinski definition) is 0. The molecule has 1 aliphatic carbocycles. The van der Waals surface area contributed by atoms with E-state index in [1.807, 2.05) is 35.2 Å². The summed E-state index contributed by atoms with van der Waals surface area (Å²) in [6.45, 7) is 3.59. The summed E-state index contributed by atoms with van der Waals surface area (Å²) in [5, 5.41) is 3.98. The summed E-state index contributed by atoms with van der Waals surface area (Å²) >= 11 is 0. The van der Waals surface area contributed by atoms with Crippen molar-refractivity contribution in [3.05, 3.63) is 53.4 Å². The second-order valence-electron chi connectivity index (χ2n) is 7.46. The molecule has 2 aromatic rings. The molecule has 1 saturated heterocycles. The lowest BCUT2D eigenvalue weighted by Crippen LogP contribution is -2.43. The van der Waals surface area contributed by atoms with E-state index < -0.39 is 0 Å². The first-order chi connectivity index (χ1) is 13.2. The molecule has 0 radical (unpaired) electrons. The predicted octanol–water partition coefficient (Wildman–Crippen LogP) is 3.21. The highest BCUT2D eigenvalue weighted by Gasteiger charge is 2.33. The van der Waals surface area contributed by atoms with Crippen molar-refractivity contribution in [1.82, 2.24) is 15.0 Å². The van der Waals surface area contributed by atoms with Crippen molar-refractivity contribution in [1.29, 1.82) is 0 Å². The van der Waals surface area contributed by atoms with Crippen LogP contribution in [0.5, 0.6) is 0 Å². The minimum atomic E-state index is -0.140. The van der Waals surface area contributed by atoms with E-state index >= 15 is 0 Å². The molecule has 0 N–H and O–H groups in total. The summed E-state index contributed by atoms with van der Waals surface area (Å²) in [6, 6.07) is 11.8. The van der Waals surface area contributed by atoms with Gasteiger partial charge in [-0.25, -0.2) is 0 Å². The average Bonchev–Trinajstić information content (AvgIpc) is 3.45. The van der Waals surface area contributed by atoms with Crippen LogP contribution in [0.15, 0.2) is 40.9 Å². The van der Waals surface area contributed by atoms with Gasteiger partial charge in [0.2, 0.25) is 5.91 Å². The van der Waals surface area contributed by atoms with Gasteiger partial charge in [0.05, 0.1) is 0 Å². The molecule has 4 rings (SSSR count). The van der Waals surface area contributed by atoms with Crippen LogP contribution in [-0.2, 0) is 11.3 Å². The summed E-state index contributed by atoms with van der Waals surface area (Å²) in [7, 11) is 0. The molecule has 2 aliphatic rings. The van der Waals surface area contributed by atoms with Gasteiger partial charge in [-0.1, -0.05) is 42.4 Å². The van der Waals surface area contributed by atoms with Gasteiger partial charge in [-0.3, -0.25) is 9.59 Å². The maximum atomic E-state index is 12.9. The number of rotatable bonds is 5. The SMILES string of the molecule is CC[C@H]1CN(C(=O)c2cc(C3CC3)on2)CCC(=O)N1Cc1ccccc1. The molecule has 142 valence electrons. The van der Waals surface area contributed by atoms with Gasteiger partial charge < -0.3 is 14.3 Å². The number of carbonyl (C=O) groups is 2. The van der Waals surface area contributed by atoms with E-state index in [1.54, 1.807) is 11.0 Å². The normalized spacial score (nSPS) is 20.6. The maximum Gasteiger partial charge on any atom is 0.276 e. The first-order valence-electron chi connectivity index (χ1n) is 9.75. The Morgan fingerprint density at radius 2 is 2.04 bits per heavy atom. The molecular weight excluding hydrogens is 342 g/mol. The lowest BCUT2D eigenvalue weighted by Gasteiger charge is -2.31. The Kier molecular flexibility index (Phi) is 4.97. The number of nitrogens with zero attached hydrogens (tertiary/aromatic N) is 3. The van der Waals surface area contributed by atoms with Gasteiger partial charge in [0.1, 0.15) is 5.76 Å². The zero-order valence-corrected chi connectivity index (χ0v) is 15.6. The highest BCUT2D eigenvalue weighted by molar-refractivity contribution is 5.93. The van der Waals surface area contributed by atoms with Crippen molar-refractivity contribution in [2.24, 2.45) is 0 Å². The Bertz CT molecular complexity index is 813. The van der Waals surface area contributed by atoms with Crippen molar-refractivity contribution in [2.45, 2.75) is 51.1 Å². The molecule has 2 heterocycles. The fourth-order valence-corrected chi connectivity index (χ4v) is 3.67. The van der Waals surface area contributed by atoms with Crippen molar-refractivity contribution in [3.63, 3.8) is 0 Å². The maximum absolute atomic E-state index is 12.9. The lowest BCUT2D eigenvalue weighted by molar-refractivity contribution is -0.133.